The van der Waals surface area contributed by atoms with Crippen molar-refractivity contribution in [2.75, 3.05) is 15.1 Å². The van der Waals surface area contributed by atoms with E-state index in [2.05, 4.69) is 267 Å². The van der Waals surface area contributed by atoms with Crippen LogP contribution in [0.4, 0.5) is 28.4 Å². The molecule has 73 heavy (non-hydrogen) atoms. The molecule has 5 aliphatic rings. The topological polar surface area (TPSA) is 18.5 Å². The Morgan fingerprint density at radius 2 is 1.27 bits per heavy atom. The van der Waals surface area contributed by atoms with E-state index < -0.39 is 5.41 Å². The van der Waals surface area contributed by atoms with Gasteiger partial charge in [0.15, 0.2) is 0 Å². The lowest BCUT2D eigenvalue weighted by Gasteiger charge is -2.52. The normalized spacial score (nSPS) is 21.9. The molecule has 2 unspecified atom stereocenters. The molecule has 11 rings (SSSR count). The summed E-state index contributed by atoms with van der Waals surface area (Å²) >= 11 is 0. The van der Waals surface area contributed by atoms with Gasteiger partial charge in [-0.1, -0.05) is 215 Å². The van der Waals surface area contributed by atoms with Crippen LogP contribution in [0.5, 0.6) is 0 Å². The Labute approximate surface area is 436 Å². The van der Waals surface area contributed by atoms with Crippen molar-refractivity contribution < 1.29 is 0 Å². The van der Waals surface area contributed by atoms with Crippen molar-refractivity contribution >= 4 is 52.2 Å². The average Bonchev–Trinajstić information content (AvgIpc) is 3.39. The largest absolute Gasteiger partial charge is 0.378 e. The van der Waals surface area contributed by atoms with Gasteiger partial charge in [-0.3, -0.25) is 0 Å². The third-order valence-electron chi connectivity index (χ3n) is 17.4. The van der Waals surface area contributed by atoms with Crippen molar-refractivity contribution in [3.63, 3.8) is 0 Å². The van der Waals surface area contributed by atoms with Gasteiger partial charge in [0.2, 0.25) is 0 Å². The summed E-state index contributed by atoms with van der Waals surface area (Å²) < 4.78 is 0. The Balaban J connectivity index is 1.28. The highest BCUT2D eigenvalue weighted by Crippen LogP contribution is 2.55. The van der Waals surface area contributed by atoms with Gasteiger partial charge in [0.1, 0.15) is 0 Å². The van der Waals surface area contributed by atoms with Crippen molar-refractivity contribution in [1.82, 2.24) is 0 Å². The number of nitrogens with zero attached hydrogens (tertiary/aromatic N) is 2. The summed E-state index contributed by atoms with van der Waals surface area (Å²) in [6.07, 6.45) is 19.8. The molecule has 1 N–H and O–H groups in total. The van der Waals surface area contributed by atoms with E-state index in [9.17, 15) is 0 Å². The van der Waals surface area contributed by atoms with Gasteiger partial charge < -0.3 is 15.1 Å². The van der Waals surface area contributed by atoms with Crippen LogP contribution < -0.4 is 26.0 Å². The van der Waals surface area contributed by atoms with Crippen LogP contribution in [0.25, 0.3) is 17.2 Å². The van der Waals surface area contributed by atoms with Gasteiger partial charge in [-0.2, -0.15) is 0 Å². The second kappa shape index (κ2) is 17.7. The Kier molecular flexibility index (Phi) is 11.7. The number of rotatable bonds is 8. The molecule has 4 heteroatoms. The first-order chi connectivity index (χ1) is 35.0. The number of allylic oxidation sites excluding steroid dienone is 8. The van der Waals surface area contributed by atoms with Gasteiger partial charge in [0.25, 0.3) is 6.71 Å². The first kappa shape index (κ1) is 48.0. The molecule has 3 nitrogen and oxygen atoms in total. The van der Waals surface area contributed by atoms with E-state index >= 15 is 0 Å². The fraction of sp³-hybridized carbons (Fsp3) is 0.246. The second-order valence-electron chi connectivity index (χ2n) is 23.2. The molecule has 364 valence electrons. The monoisotopic (exact) mass is 952 g/mol. The van der Waals surface area contributed by atoms with Crippen molar-refractivity contribution in [3.05, 3.63) is 251 Å². The van der Waals surface area contributed by atoms with Gasteiger partial charge >= 0.3 is 0 Å². The molecule has 0 fully saturated rings. The Morgan fingerprint density at radius 1 is 0.644 bits per heavy atom. The number of benzene rings is 6. The summed E-state index contributed by atoms with van der Waals surface area (Å²) in [7, 11) is 0. The summed E-state index contributed by atoms with van der Waals surface area (Å²) in [5.74, 6) is 0. The molecule has 0 amide bonds. The average molecular weight is 952 g/mol. The lowest BCUT2D eigenvalue weighted by molar-refractivity contribution is 0.404. The molecule has 2 aliphatic heterocycles. The van der Waals surface area contributed by atoms with E-state index in [-0.39, 0.29) is 35.0 Å². The van der Waals surface area contributed by atoms with Crippen LogP contribution in [0.1, 0.15) is 103 Å². The SMILES string of the molecule is C=C/C1=C(\C(C)N2c3cc4c(cc3B3C5=CCC(Nc6ccccc6)C=C5N(c5ccccc5C=C)c5cc(-c6ccccc6)cc2c53)C(C)(C)c2ccccc2C4(C)C)C(C)(C)C/C=C\C=C/C(=C)C1(C)C. The molecular formula is C69H70BN3. The van der Waals surface area contributed by atoms with Crippen molar-refractivity contribution in [3.8, 4) is 11.1 Å². The van der Waals surface area contributed by atoms with Gasteiger partial charge in [-0.25, -0.2) is 0 Å². The molecule has 0 saturated heterocycles. The van der Waals surface area contributed by atoms with Crippen LogP contribution >= 0.6 is 0 Å². The number of fused-ring (bicyclic) bond motifs is 6. The molecular weight excluding hydrogens is 882 g/mol. The van der Waals surface area contributed by atoms with Crippen LogP contribution in [-0.4, -0.2) is 18.8 Å². The highest BCUT2D eigenvalue weighted by Gasteiger charge is 2.51. The molecule has 0 saturated carbocycles. The number of hydrogen-bond donors (Lipinski definition) is 1. The maximum absolute atomic E-state index is 4.72. The fourth-order valence-electron chi connectivity index (χ4n) is 13.4. The highest BCUT2D eigenvalue weighted by molar-refractivity contribution is 6.96. The summed E-state index contributed by atoms with van der Waals surface area (Å²) in [4.78, 5) is 5.34. The van der Waals surface area contributed by atoms with Crippen LogP contribution in [0, 0.1) is 10.8 Å². The van der Waals surface area contributed by atoms with Crippen LogP contribution in [0.2, 0.25) is 0 Å². The van der Waals surface area contributed by atoms with E-state index in [0.29, 0.717) is 0 Å². The summed E-state index contributed by atoms with van der Waals surface area (Å²) in [6, 6.07) is 49.9. The Hall–Kier alpha value is -7.30. The number of nitrogens with one attached hydrogen (secondary N) is 1. The minimum Gasteiger partial charge on any atom is -0.378 e. The molecule has 0 spiro atoms. The molecule has 0 radical (unpaired) electrons. The maximum atomic E-state index is 4.72. The quantitative estimate of drug-likeness (QED) is 0.153. The number of anilines is 5. The van der Waals surface area contributed by atoms with Crippen molar-refractivity contribution in [1.29, 1.82) is 0 Å². The van der Waals surface area contributed by atoms with E-state index in [1.165, 1.54) is 83.7 Å². The van der Waals surface area contributed by atoms with Gasteiger partial charge in [-0.15, -0.1) is 0 Å². The minimum atomic E-state index is -0.398. The molecule has 0 bridgehead atoms. The number of hydrogen-bond acceptors (Lipinski definition) is 3. The van der Waals surface area contributed by atoms with E-state index in [1.54, 1.807) is 0 Å². The zero-order valence-corrected chi connectivity index (χ0v) is 44.5. The van der Waals surface area contributed by atoms with Gasteiger partial charge in [0.05, 0.1) is 17.8 Å². The van der Waals surface area contributed by atoms with E-state index in [1.807, 2.05) is 6.08 Å². The van der Waals surface area contributed by atoms with Crippen LogP contribution in [0.15, 0.2) is 224 Å². The molecule has 0 aromatic heterocycles. The third-order valence-corrected chi connectivity index (χ3v) is 17.4. The predicted molar refractivity (Wildman–Crippen MR) is 316 cm³/mol. The summed E-state index contributed by atoms with van der Waals surface area (Å²) in [6.45, 7) is 35.5. The molecule has 6 aromatic rings. The van der Waals surface area contributed by atoms with Gasteiger partial charge in [-0.05, 0) is 140 Å². The fourth-order valence-corrected chi connectivity index (χ4v) is 13.4. The van der Waals surface area contributed by atoms with E-state index in [0.717, 1.165) is 35.4 Å². The zero-order valence-electron chi connectivity index (χ0n) is 44.5. The summed E-state index contributed by atoms with van der Waals surface area (Å²) in [5.41, 5.74) is 22.7. The molecule has 2 atom stereocenters. The smallest absolute Gasteiger partial charge is 0.251 e. The predicted octanol–water partition coefficient (Wildman–Crippen LogP) is 16.4. The Morgan fingerprint density at radius 3 is 1.96 bits per heavy atom. The van der Waals surface area contributed by atoms with Crippen molar-refractivity contribution in [2.24, 2.45) is 10.8 Å². The van der Waals surface area contributed by atoms with Crippen LogP contribution in [-0.2, 0) is 10.8 Å². The first-order valence-corrected chi connectivity index (χ1v) is 26.5. The molecule has 3 aliphatic carbocycles. The maximum Gasteiger partial charge on any atom is 0.251 e. The van der Waals surface area contributed by atoms with Crippen molar-refractivity contribution in [2.45, 2.75) is 98.1 Å². The first-order valence-electron chi connectivity index (χ1n) is 26.5. The van der Waals surface area contributed by atoms with E-state index in [4.69, 9.17) is 6.58 Å². The lowest BCUT2D eigenvalue weighted by atomic mass is 9.31. The standard InChI is InChI=1S/C69H70BN3/c1-13-47-29-23-26-36-59(47)73-60-42-51(71-50-32-21-16-22-33-50)37-38-57(60)70-58-43-55-56(69(11,12)54-35-25-24-34-53(54)68(55,9)10)44-61(58)72(62-40-49(41-63(73)65(62)70)48-30-19-15-20-31-48)46(4)64-52(14-2)67(7,8)45(3)28-18-17-27-39-66(64,5)6/h13-36,38,40-44,46,51,71H,1-3,37,39H2,4-12H3/b27-17-,28-18-,64-52-. The second-order valence-corrected chi connectivity index (χ2v) is 23.2. The number of para-hydroxylation sites is 2. The third kappa shape index (κ3) is 7.62. The lowest BCUT2D eigenvalue weighted by Crippen LogP contribution is -2.60. The highest BCUT2D eigenvalue weighted by atomic mass is 15.2. The molecule has 6 aromatic carbocycles. The summed E-state index contributed by atoms with van der Waals surface area (Å²) in [5, 5.41) is 3.92. The van der Waals surface area contributed by atoms with Gasteiger partial charge in [0, 0.05) is 44.7 Å². The Bertz CT molecular complexity index is 3410. The van der Waals surface area contributed by atoms with Crippen LogP contribution in [0.3, 0.4) is 0 Å². The minimum absolute atomic E-state index is 0.0556. The zero-order chi connectivity index (χ0) is 51.2. The molecule has 2 heterocycles.